The van der Waals surface area contributed by atoms with Crippen LogP contribution in [0.4, 0.5) is 0 Å². The van der Waals surface area contributed by atoms with E-state index in [4.69, 9.17) is 27.9 Å². The molecule has 0 aliphatic rings. The topological polar surface area (TPSA) is 46.5 Å². The van der Waals surface area contributed by atoms with Crippen molar-refractivity contribution in [1.82, 2.24) is 0 Å². The number of carboxylic acids is 1. The monoisotopic (exact) mass is 518 g/mol. The molecular weight excluding hydrogens is 491 g/mol. The predicted octanol–water partition coefficient (Wildman–Crippen LogP) is 8.83. The Labute approximate surface area is 222 Å². The highest BCUT2D eigenvalue weighted by atomic mass is 35.5. The van der Waals surface area contributed by atoms with Crippen LogP contribution in [0.5, 0.6) is 5.75 Å². The van der Waals surface area contributed by atoms with Crippen LogP contribution >= 0.6 is 23.2 Å². The highest BCUT2D eigenvalue weighted by molar-refractivity contribution is 6.30. The Hall–Kier alpha value is -3.27. The lowest BCUT2D eigenvalue weighted by molar-refractivity contribution is 0.0697. The molecule has 0 heterocycles. The maximum atomic E-state index is 11.3. The van der Waals surface area contributed by atoms with Gasteiger partial charge in [0.25, 0.3) is 0 Å². The van der Waals surface area contributed by atoms with Crippen LogP contribution < -0.4 is 4.74 Å². The van der Waals surface area contributed by atoms with E-state index >= 15 is 0 Å². The number of hydrogen-bond acceptors (Lipinski definition) is 2. The van der Waals surface area contributed by atoms with E-state index < -0.39 is 5.97 Å². The van der Waals surface area contributed by atoms with Gasteiger partial charge in [-0.3, -0.25) is 0 Å². The van der Waals surface area contributed by atoms with Crippen LogP contribution in [0.1, 0.15) is 53.4 Å². The maximum Gasteiger partial charge on any atom is 0.335 e. The number of carbonyl (C=O) groups is 1. The standard InChI is InChI=1S/C31H28Cl2O3/c1-31(2,3)28-18-24(22-8-10-23(11-9-22)30(34)35)17-25(16-20-4-12-26(32)13-5-20)29(28)36-19-21-6-14-27(33)15-7-21/h4-15,17-18H,16,19H2,1-3H3,(H,34,35). The number of benzene rings is 4. The van der Waals surface area contributed by atoms with Crippen LogP contribution in [0, 0.1) is 0 Å². The van der Waals surface area contributed by atoms with Crippen LogP contribution in [0.15, 0.2) is 84.9 Å². The first-order chi connectivity index (χ1) is 17.1. The van der Waals surface area contributed by atoms with Gasteiger partial charge in [0.1, 0.15) is 12.4 Å². The summed E-state index contributed by atoms with van der Waals surface area (Å²) in [7, 11) is 0. The molecule has 3 nitrogen and oxygen atoms in total. The van der Waals surface area contributed by atoms with Crippen molar-refractivity contribution in [2.24, 2.45) is 0 Å². The minimum atomic E-state index is -0.939. The van der Waals surface area contributed by atoms with Crippen molar-refractivity contribution < 1.29 is 14.6 Å². The van der Waals surface area contributed by atoms with Crippen molar-refractivity contribution in [3.8, 4) is 16.9 Å². The first kappa shape index (κ1) is 25.8. The van der Waals surface area contributed by atoms with E-state index in [1.165, 1.54) is 0 Å². The molecule has 0 saturated carbocycles. The van der Waals surface area contributed by atoms with Crippen molar-refractivity contribution in [2.75, 3.05) is 0 Å². The Morgan fingerprint density at radius 3 is 1.86 bits per heavy atom. The highest BCUT2D eigenvalue weighted by Gasteiger charge is 2.24. The number of hydrogen-bond donors (Lipinski definition) is 1. The van der Waals surface area contributed by atoms with E-state index in [9.17, 15) is 9.90 Å². The fraction of sp³-hybridized carbons (Fsp3) is 0.194. The largest absolute Gasteiger partial charge is 0.488 e. The molecule has 0 aliphatic heterocycles. The summed E-state index contributed by atoms with van der Waals surface area (Å²) in [5, 5.41) is 10.7. The molecule has 1 N–H and O–H groups in total. The molecular formula is C31H28Cl2O3. The molecule has 0 fully saturated rings. The lowest BCUT2D eigenvalue weighted by Crippen LogP contribution is -2.15. The number of ether oxygens (including phenoxy) is 1. The predicted molar refractivity (Wildman–Crippen MR) is 148 cm³/mol. The first-order valence-corrected chi connectivity index (χ1v) is 12.5. The third-order valence-corrected chi connectivity index (χ3v) is 6.55. The van der Waals surface area contributed by atoms with Crippen LogP contribution in [-0.4, -0.2) is 11.1 Å². The average molecular weight is 519 g/mol. The summed E-state index contributed by atoms with van der Waals surface area (Å²) in [6.07, 6.45) is 0.664. The molecule has 0 radical (unpaired) electrons. The molecule has 36 heavy (non-hydrogen) atoms. The van der Waals surface area contributed by atoms with Gasteiger partial charge in [-0.05, 0) is 81.8 Å². The molecule has 0 aromatic heterocycles. The van der Waals surface area contributed by atoms with E-state index in [1.54, 1.807) is 12.1 Å². The second kappa shape index (κ2) is 10.8. The van der Waals surface area contributed by atoms with Gasteiger partial charge in [0.15, 0.2) is 0 Å². The lowest BCUT2D eigenvalue weighted by Gasteiger charge is -2.26. The number of halogens is 2. The minimum Gasteiger partial charge on any atom is -0.488 e. The zero-order valence-electron chi connectivity index (χ0n) is 20.5. The molecule has 0 aliphatic carbocycles. The molecule has 5 heteroatoms. The van der Waals surface area contributed by atoms with Gasteiger partial charge in [0, 0.05) is 22.0 Å². The molecule has 184 valence electrons. The van der Waals surface area contributed by atoms with Gasteiger partial charge in [0.2, 0.25) is 0 Å². The zero-order valence-corrected chi connectivity index (χ0v) is 22.0. The van der Waals surface area contributed by atoms with Crippen molar-refractivity contribution in [3.63, 3.8) is 0 Å². The van der Waals surface area contributed by atoms with E-state index in [0.29, 0.717) is 23.1 Å². The molecule has 0 atom stereocenters. The Morgan fingerprint density at radius 2 is 1.33 bits per heavy atom. The molecule has 0 bridgehead atoms. The van der Waals surface area contributed by atoms with Gasteiger partial charge >= 0.3 is 5.97 Å². The Morgan fingerprint density at radius 1 is 0.778 bits per heavy atom. The third kappa shape index (κ3) is 6.29. The number of rotatable bonds is 7. The summed E-state index contributed by atoms with van der Waals surface area (Å²) in [6.45, 7) is 6.92. The highest BCUT2D eigenvalue weighted by Crippen LogP contribution is 2.40. The summed E-state index contributed by atoms with van der Waals surface area (Å²) in [4.78, 5) is 11.3. The zero-order chi connectivity index (χ0) is 25.9. The molecule has 4 aromatic rings. The van der Waals surface area contributed by atoms with Gasteiger partial charge in [-0.2, -0.15) is 0 Å². The smallest absolute Gasteiger partial charge is 0.335 e. The van der Waals surface area contributed by atoms with E-state index in [0.717, 1.165) is 39.1 Å². The van der Waals surface area contributed by atoms with E-state index in [-0.39, 0.29) is 11.0 Å². The van der Waals surface area contributed by atoms with Crippen LogP contribution in [0.3, 0.4) is 0 Å². The SMILES string of the molecule is CC(C)(C)c1cc(-c2ccc(C(=O)O)cc2)cc(Cc2ccc(Cl)cc2)c1OCc1ccc(Cl)cc1. The van der Waals surface area contributed by atoms with Gasteiger partial charge in [-0.15, -0.1) is 0 Å². The molecule has 4 rings (SSSR count). The summed E-state index contributed by atoms with van der Waals surface area (Å²) in [5.74, 6) is -0.0791. The Bertz CT molecular complexity index is 1350. The summed E-state index contributed by atoms with van der Waals surface area (Å²) in [6, 6.07) is 26.8. The van der Waals surface area contributed by atoms with Gasteiger partial charge in [-0.1, -0.05) is 80.4 Å². The molecule has 4 aromatic carbocycles. The van der Waals surface area contributed by atoms with Crippen molar-refractivity contribution >= 4 is 29.2 Å². The van der Waals surface area contributed by atoms with E-state index in [2.05, 4.69) is 32.9 Å². The summed E-state index contributed by atoms with van der Waals surface area (Å²) < 4.78 is 6.51. The van der Waals surface area contributed by atoms with Crippen molar-refractivity contribution in [3.05, 3.63) is 123 Å². The van der Waals surface area contributed by atoms with Gasteiger partial charge < -0.3 is 9.84 Å². The van der Waals surface area contributed by atoms with Crippen molar-refractivity contribution in [2.45, 2.75) is 39.2 Å². The number of aromatic carboxylic acids is 1. The van der Waals surface area contributed by atoms with E-state index in [1.807, 2.05) is 60.7 Å². The van der Waals surface area contributed by atoms with Crippen LogP contribution in [0.25, 0.3) is 11.1 Å². The van der Waals surface area contributed by atoms with Gasteiger partial charge in [0.05, 0.1) is 5.56 Å². The fourth-order valence-corrected chi connectivity index (χ4v) is 4.33. The maximum absolute atomic E-state index is 11.3. The van der Waals surface area contributed by atoms with Crippen LogP contribution in [-0.2, 0) is 18.4 Å². The minimum absolute atomic E-state index is 0.193. The third-order valence-electron chi connectivity index (χ3n) is 6.04. The van der Waals surface area contributed by atoms with Crippen LogP contribution in [0.2, 0.25) is 10.0 Å². The molecule has 0 amide bonds. The van der Waals surface area contributed by atoms with Crippen molar-refractivity contribution in [1.29, 1.82) is 0 Å². The summed E-state index contributed by atoms with van der Waals surface area (Å²) in [5.41, 5.74) is 6.32. The second-order valence-corrected chi connectivity index (χ2v) is 10.7. The molecule has 0 spiro atoms. The molecule has 0 unspecified atom stereocenters. The second-order valence-electron chi connectivity index (χ2n) is 9.86. The molecule has 0 saturated heterocycles. The Balaban J connectivity index is 1.81. The Kier molecular flexibility index (Phi) is 7.73. The summed E-state index contributed by atoms with van der Waals surface area (Å²) >= 11 is 12.2. The lowest BCUT2D eigenvalue weighted by atomic mass is 9.82. The average Bonchev–Trinajstić information content (AvgIpc) is 2.84. The first-order valence-electron chi connectivity index (χ1n) is 11.7. The van der Waals surface area contributed by atoms with Gasteiger partial charge in [-0.25, -0.2) is 4.79 Å². The number of carboxylic acid groups (broad SMARTS) is 1. The quantitative estimate of drug-likeness (QED) is 0.265. The normalized spacial score (nSPS) is 11.4. The fourth-order valence-electron chi connectivity index (χ4n) is 4.08.